The molecule has 0 N–H and O–H groups in total. The number of benzene rings is 7. The Bertz CT molecular complexity index is 2620. The highest BCUT2D eigenvalue weighted by Crippen LogP contribution is 2.54. The highest BCUT2D eigenvalue weighted by molar-refractivity contribution is 5.91. The fourth-order valence-corrected chi connectivity index (χ4v) is 11.7. The lowest BCUT2D eigenvalue weighted by Crippen LogP contribution is -2.16. The Hall–Kier alpha value is -5.40. The van der Waals surface area contributed by atoms with Crippen molar-refractivity contribution in [3.05, 3.63) is 174 Å². The first kappa shape index (κ1) is 34.8. The Morgan fingerprint density at radius 2 is 1.23 bits per heavy atom. The summed E-state index contributed by atoms with van der Waals surface area (Å²) in [4.78, 5) is 2.52. The minimum Gasteiger partial charge on any atom is -0.310 e. The van der Waals surface area contributed by atoms with Crippen molar-refractivity contribution in [2.75, 3.05) is 4.90 Å². The van der Waals surface area contributed by atoms with Gasteiger partial charge in [-0.25, -0.2) is 0 Å². The minimum absolute atomic E-state index is 0.124. The summed E-state index contributed by atoms with van der Waals surface area (Å²) in [5.74, 6) is 3.19. The van der Waals surface area contributed by atoms with Crippen molar-refractivity contribution in [1.29, 1.82) is 0 Å². The molecule has 4 aliphatic rings. The van der Waals surface area contributed by atoms with Gasteiger partial charge < -0.3 is 4.90 Å². The first-order chi connectivity index (χ1) is 28.0. The van der Waals surface area contributed by atoms with Crippen LogP contribution in [0.15, 0.2) is 152 Å². The van der Waals surface area contributed by atoms with Gasteiger partial charge in [-0.3, -0.25) is 0 Å². The van der Waals surface area contributed by atoms with Gasteiger partial charge in [0.15, 0.2) is 0 Å². The van der Waals surface area contributed by atoms with Gasteiger partial charge in [0.2, 0.25) is 0 Å². The van der Waals surface area contributed by atoms with Gasteiger partial charge in [-0.2, -0.15) is 0 Å². The average molecular weight is 740 g/mol. The van der Waals surface area contributed by atoms with Crippen LogP contribution in [0.5, 0.6) is 0 Å². The smallest absolute Gasteiger partial charge is 0.0467 e. The second-order valence-corrected chi connectivity index (χ2v) is 18.4. The molecule has 11 rings (SSSR count). The molecular formula is C56H53N. The van der Waals surface area contributed by atoms with Gasteiger partial charge in [0.05, 0.1) is 0 Å². The Labute approximate surface area is 339 Å². The van der Waals surface area contributed by atoms with Crippen molar-refractivity contribution in [2.45, 2.75) is 88.9 Å². The molecule has 0 amide bonds. The molecule has 57 heavy (non-hydrogen) atoms. The van der Waals surface area contributed by atoms with Crippen molar-refractivity contribution < 1.29 is 0 Å². The van der Waals surface area contributed by atoms with E-state index in [1.54, 1.807) is 0 Å². The van der Waals surface area contributed by atoms with Crippen LogP contribution in [0.25, 0.3) is 44.2 Å². The van der Waals surface area contributed by atoms with Crippen molar-refractivity contribution >= 4 is 27.8 Å². The molecule has 3 saturated carbocycles. The topological polar surface area (TPSA) is 3.24 Å². The lowest BCUT2D eigenvalue weighted by molar-refractivity contribution is 0.420. The average Bonchev–Trinajstić information content (AvgIpc) is 3.97. The third kappa shape index (κ3) is 6.05. The van der Waals surface area contributed by atoms with Crippen LogP contribution in [0, 0.1) is 11.8 Å². The highest BCUT2D eigenvalue weighted by atomic mass is 15.1. The highest BCUT2D eigenvalue weighted by Gasteiger charge is 2.40. The predicted octanol–water partition coefficient (Wildman–Crippen LogP) is 15.9. The van der Waals surface area contributed by atoms with E-state index in [4.69, 9.17) is 0 Å². The Kier molecular flexibility index (Phi) is 8.50. The Morgan fingerprint density at radius 3 is 2.05 bits per heavy atom. The summed E-state index contributed by atoms with van der Waals surface area (Å²) in [6, 6.07) is 58.3. The van der Waals surface area contributed by atoms with Crippen LogP contribution in [-0.2, 0) is 5.41 Å². The molecule has 3 unspecified atom stereocenters. The maximum atomic E-state index is 2.52. The fourth-order valence-electron chi connectivity index (χ4n) is 11.7. The van der Waals surface area contributed by atoms with Crippen LogP contribution in [0.3, 0.4) is 0 Å². The third-order valence-electron chi connectivity index (χ3n) is 14.7. The van der Waals surface area contributed by atoms with E-state index >= 15 is 0 Å². The zero-order valence-electron chi connectivity index (χ0n) is 33.6. The molecule has 7 aromatic carbocycles. The van der Waals surface area contributed by atoms with Crippen molar-refractivity contribution in [3.63, 3.8) is 0 Å². The minimum atomic E-state index is -0.124. The van der Waals surface area contributed by atoms with E-state index in [-0.39, 0.29) is 5.41 Å². The molecular weight excluding hydrogens is 687 g/mol. The van der Waals surface area contributed by atoms with Crippen molar-refractivity contribution in [3.8, 4) is 33.4 Å². The Balaban J connectivity index is 1.01. The summed E-state index contributed by atoms with van der Waals surface area (Å²) in [7, 11) is 0. The molecule has 4 aliphatic carbocycles. The molecule has 1 nitrogen and oxygen atoms in total. The Morgan fingerprint density at radius 1 is 0.474 bits per heavy atom. The summed E-state index contributed by atoms with van der Waals surface area (Å²) in [6.45, 7) is 4.82. The van der Waals surface area contributed by atoms with Crippen LogP contribution < -0.4 is 4.90 Å². The number of nitrogens with zero attached hydrogens (tertiary/aromatic N) is 1. The molecule has 7 aromatic rings. The summed E-state index contributed by atoms with van der Waals surface area (Å²) >= 11 is 0. The first-order valence-corrected chi connectivity index (χ1v) is 21.9. The number of fused-ring (bicyclic) bond motifs is 6. The van der Waals surface area contributed by atoms with E-state index in [1.165, 1.54) is 141 Å². The summed E-state index contributed by atoms with van der Waals surface area (Å²) in [5, 5.41) is 2.57. The zero-order valence-corrected chi connectivity index (χ0v) is 33.6. The molecule has 3 fully saturated rings. The summed E-state index contributed by atoms with van der Waals surface area (Å²) < 4.78 is 0. The molecule has 0 heterocycles. The number of hydrogen-bond donors (Lipinski definition) is 0. The van der Waals surface area contributed by atoms with Crippen molar-refractivity contribution in [2.24, 2.45) is 11.8 Å². The largest absolute Gasteiger partial charge is 0.310 e. The lowest BCUT2D eigenvalue weighted by Gasteiger charge is -2.29. The molecule has 2 bridgehead atoms. The SMILES string of the molecule is CC1(C)c2ccc(-c3ccc4ccccc4c3)cc2-c2ccc(N(c3ccc(C4CC5CCC4C5)cc3)c3cccc(-c4ccccc4C4CCCCC4)c3)cc21. The van der Waals surface area contributed by atoms with Crippen LogP contribution in [-0.4, -0.2) is 0 Å². The predicted molar refractivity (Wildman–Crippen MR) is 241 cm³/mol. The second kappa shape index (κ2) is 13.9. The van der Waals surface area contributed by atoms with Crippen LogP contribution in [0.1, 0.15) is 106 Å². The molecule has 0 saturated heterocycles. The summed E-state index contributed by atoms with van der Waals surface area (Å²) in [5.41, 5.74) is 17.4. The van der Waals surface area contributed by atoms with E-state index in [2.05, 4.69) is 170 Å². The molecule has 1 heteroatoms. The van der Waals surface area contributed by atoms with Gasteiger partial charge in [-0.1, -0.05) is 143 Å². The second-order valence-electron chi connectivity index (χ2n) is 18.4. The van der Waals surface area contributed by atoms with Gasteiger partial charge in [0.1, 0.15) is 0 Å². The molecule has 282 valence electrons. The maximum absolute atomic E-state index is 2.52. The molecule has 0 aliphatic heterocycles. The zero-order chi connectivity index (χ0) is 38.1. The molecule has 0 radical (unpaired) electrons. The van der Waals surface area contributed by atoms with Gasteiger partial charge in [0.25, 0.3) is 0 Å². The van der Waals surface area contributed by atoms with E-state index in [9.17, 15) is 0 Å². The quantitative estimate of drug-likeness (QED) is 0.157. The fraction of sp³-hybridized carbons (Fsp3) is 0.286. The monoisotopic (exact) mass is 739 g/mol. The van der Waals surface area contributed by atoms with Gasteiger partial charge in [-0.05, 0) is 171 Å². The molecule has 0 aromatic heterocycles. The van der Waals surface area contributed by atoms with Gasteiger partial charge in [0, 0.05) is 22.5 Å². The number of hydrogen-bond acceptors (Lipinski definition) is 1. The first-order valence-electron chi connectivity index (χ1n) is 21.9. The lowest BCUT2D eigenvalue weighted by atomic mass is 9.81. The maximum Gasteiger partial charge on any atom is 0.0467 e. The number of rotatable bonds is 7. The van der Waals surface area contributed by atoms with Crippen LogP contribution in [0.4, 0.5) is 17.1 Å². The van der Waals surface area contributed by atoms with Crippen LogP contribution >= 0.6 is 0 Å². The van der Waals surface area contributed by atoms with Crippen molar-refractivity contribution in [1.82, 2.24) is 0 Å². The van der Waals surface area contributed by atoms with Crippen LogP contribution in [0.2, 0.25) is 0 Å². The summed E-state index contributed by atoms with van der Waals surface area (Å²) in [6.07, 6.45) is 12.3. The molecule has 0 spiro atoms. The van der Waals surface area contributed by atoms with Gasteiger partial charge >= 0.3 is 0 Å². The number of anilines is 3. The van der Waals surface area contributed by atoms with E-state index < -0.39 is 0 Å². The van der Waals surface area contributed by atoms with Gasteiger partial charge in [-0.15, -0.1) is 0 Å². The van der Waals surface area contributed by atoms with E-state index in [0.717, 1.165) is 17.8 Å². The third-order valence-corrected chi connectivity index (χ3v) is 14.7. The normalized spacial score (nSPS) is 20.8. The van der Waals surface area contributed by atoms with E-state index in [0.29, 0.717) is 5.92 Å². The molecule has 3 atom stereocenters. The van der Waals surface area contributed by atoms with E-state index in [1.807, 2.05) is 0 Å². The standard InChI is InChI=1S/C56H53N/c1-56(2)54-30-25-43(42-22-21-38-11-6-7-14-41(38)33-42)35-53(54)51-29-28-48(36-55(51)56)57(46-26-23-40(24-27-46)52-32-37-19-20-45(52)31-37)47-16-10-15-44(34-47)50-18-9-8-17-49(50)39-12-4-3-5-13-39/h6-11,14-18,21-30,33-37,39,45,52H,3-5,12-13,19-20,31-32H2,1-2H3.